The molecule has 0 aliphatic carbocycles. The number of nitrogens with zero attached hydrogens (tertiary/aromatic N) is 2. The number of carbonyl (C=O) groups excluding carboxylic acids is 1. The number of hydrogen-bond donors (Lipinski definition) is 1. The summed E-state index contributed by atoms with van der Waals surface area (Å²) in [6.45, 7) is 7.06. The SMILES string of the molecule is CC(C)[C@@H](C(=O)NC[C@@H]1CCCCN1Cc1ccccc1)N(C)C. The summed E-state index contributed by atoms with van der Waals surface area (Å²) in [6.07, 6.45) is 3.68. The average molecular weight is 332 g/mol. The Morgan fingerprint density at radius 1 is 1.25 bits per heavy atom. The van der Waals surface area contributed by atoms with E-state index < -0.39 is 0 Å². The Hall–Kier alpha value is -1.39. The van der Waals surface area contributed by atoms with Gasteiger partial charge in [0.2, 0.25) is 5.91 Å². The molecule has 24 heavy (non-hydrogen) atoms. The van der Waals surface area contributed by atoms with Gasteiger partial charge in [0.15, 0.2) is 0 Å². The van der Waals surface area contributed by atoms with Crippen LogP contribution in [-0.4, -0.2) is 55.0 Å². The van der Waals surface area contributed by atoms with Crippen molar-refractivity contribution in [3.8, 4) is 0 Å². The highest BCUT2D eigenvalue weighted by Gasteiger charge is 2.27. The zero-order valence-corrected chi connectivity index (χ0v) is 15.7. The standard InChI is InChI=1S/C20H33N3O/c1-16(2)19(22(3)4)20(24)21-14-18-12-8-9-13-23(18)15-17-10-6-5-7-11-17/h5-7,10-11,16,18-19H,8-9,12-15H2,1-4H3,(H,21,24)/t18-,19-/m0/s1. The molecule has 0 radical (unpaired) electrons. The van der Waals surface area contributed by atoms with Gasteiger partial charge in [0.25, 0.3) is 0 Å². The van der Waals surface area contributed by atoms with Gasteiger partial charge in [-0.2, -0.15) is 0 Å². The van der Waals surface area contributed by atoms with Crippen LogP contribution < -0.4 is 5.32 Å². The molecule has 4 heteroatoms. The molecule has 0 unspecified atom stereocenters. The van der Waals surface area contributed by atoms with Crippen LogP contribution in [0.1, 0.15) is 38.7 Å². The normalized spacial score (nSPS) is 20.3. The van der Waals surface area contributed by atoms with Gasteiger partial charge in [0.05, 0.1) is 6.04 Å². The Kier molecular flexibility index (Phi) is 7.25. The second-order valence-corrected chi connectivity index (χ2v) is 7.50. The number of hydrogen-bond acceptors (Lipinski definition) is 3. The molecule has 1 saturated heterocycles. The van der Waals surface area contributed by atoms with Crippen molar-refractivity contribution in [1.82, 2.24) is 15.1 Å². The number of nitrogens with one attached hydrogen (secondary N) is 1. The van der Waals surface area contributed by atoms with E-state index in [1.165, 1.54) is 24.8 Å². The van der Waals surface area contributed by atoms with Gasteiger partial charge in [-0.3, -0.25) is 14.6 Å². The lowest BCUT2D eigenvalue weighted by Gasteiger charge is -2.36. The Morgan fingerprint density at radius 2 is 1.96 bits per heavy atom. The molecular weight excluding hydrogens is 298 g/mol. The van der Waals surface area contributed by atoms with Crippen LogP contribution in [0.3, 0.4) is 0 Å². The van der Waals surface area contributed by atoms with Gasteiger partial charge in [-0.15, -0.1) is 0 Å². The third-order valence-corrected chi connectivity index (χ3v) is 4.95. The zero-order chi connectivity index (χ0) is 17.5. The van der Waals surface area contributed by atoms with Crippen LogP contribution in [0.15, 0.2) is 30.3 Å². The van der Waals surface area contributed by atoms with Gasteiger partial charge in [-0.05, 0) is 45.0 Å². The molecule has 2 atom stereocenters. The van der Waals surface area contributed by atoms with Crippen molar-refractivity contribution in [1.29, 1.82) is 0 Å². The molecule has 1 aromatic rings. The third kappa shape index (κ3) is 5.32. The first kappa shape index (κ1) is 18.9. The molecule has 0 spiro atoms. The monoisotopic (exact) mass is 331 g/mol. The molecule has 134 valence electrons. The number of likely N-dealkylation sites (N-methyl/N-ethyl adjacent to an activating group) is 1. The summed E-state index contributed by atoms with van der Waals surface area (Å²) in [5.41, 5.74) is 1.35. The largest absolute Gasteiger partial charge is 0.353 e. The molecular formula is C20H33N3O. The molecule has 1 aliphatic rings. The molecule has 0 bridgehead atoms. The summed E-state index contributed by atoms with van der Waals surface area (Å²) in [6, 6.07) is 11.0. The van der Waals surface area contributed by atoms with Gasteiger partial charge < -0.3 is 5.32 Å². The molecule has 1 N–H and O–H groups in total. The second kappa shape index (κ2) is 9.19. The van der Waals surface area contributed by atoms with Crippen molar-refractivity contribution >= 4 is 5.91 Å². The number of benzene rings is 1. The minimum absolute atomic E-state index is 0.0591. The van der Waals surface area contributed by atoms with E-state index in [2.05, 4.69) is 54.4 Å². The summed E-state index contributed by atoms with van der Waals surface area (Å²) >= 11 is 0. The molecule has 1 heterocycles. The summed E-state index contributed by atoms with van der Waals surface area (Å²) in [5, 5.41) is 3.21. The van der Waals surface area contributed by atoms with Gasteiger partial charge in [0, 0.05) is 19.1 Å². The fourth-order valence-electron chi connectivity index (χ4n) is 3.77. The molecule has 1 aromatic carbocycles. The lowest BCUT2D eigenvalue weighted by molar-refractivity contribution is -0.127. The quantitative estimate of drug-likeness (QED) is 0.834. The van der Waals surface area contributed by atoms with E-state index in [1.807, 2.05) is 19.0 Å². The van der Waals surface area contributed by atoms with E-state index >= 15 is 0 Å². The van der Waals surface area contributed by atoms with E-state index in [0.29, 0.717) is 12.0 Å². The van der Waals surface area contributed by atoms with E-state index in [0.717, 1.165) is 19.6 Å². The first-order valence-corrected chi connectivity index (χ1v) is 9.21. The molecule has 0 aromatic heterocycles. The van der Waals surface area contributed by atoms with Crippen LogP contribution in [0.25, 0.3) is 0 Å². The van der Waals surface area contributed by atoms with Crippen LogP contribution in [0.2, 0.25) is 0 Å². The second-order valence-electron chi connectivity index (χ2n) is 7.50. The van der Waals surface area contributed by atoms with Crippen molar-refractivity contribution < 1.29 is 4.79 Å². The minimum atomic E-state index is -0.0591. The summed E-state index contributed by atoms with van der Waals surface area (Å²) in [7, 11) is 3.96. The Morgan fingerprint density at radius 3 is 2.58 bits per heavy atom. The Bertz CT molecular complexity index is 493. The maximum absolute atomic E-state index is 12.6. The summed E-state index contributed by atoms with van der Waals surface area (Å²) in [5.74, 6) is 0.465. The van der Waals surface area contributed by atoms with Crippen LogP contribution in [0.5, 0.6) is 0 Å². The maximum atomic E-state index is 12.6. The number of rotatable bonds is 7. The molecule has 4 nitrogen and oxygen atoms in total. The minimum Gasteiger partial charge on any atom is -0.353 e. The molecule has 1 aliphatic heterocycles. The lowest BCUT2D eigenvalue weighted by atomic mass is 9.99. The highest BCUT2D eigenvalue weighted by atomic mass is 16.2. The van der Waals surface area contributed by atoms with Crippen molar-refractivity contribution in [2.24, 2.45) is 5.92 Å². The molecule has 1 amide bonds. The van der Waals surface area contributed by atoms with Crippen LogP contribution in [-0.2, 0) is 11.3 Å². The maximum Gasteiger partial charge on any atom is 0.237 e. The predicted molar refractivity (Wildman–Crippen MR) is 99.8 cm³/mol. The van der Waals surface area contributed by atoms with Crippen LogP contribution in [0.4, 0.5) is 0 Å². The lowest BCUT2D eigenvalue weighted by Crippen LogP contribution is -2.51. The van der Waals surface area contributed by atoms with E-state index in [9.17, 15) is 4.79 Å². The van der Waals surface area contributed by atoms with Crippen molar-refractivity contribution in [3.63, 3.8) is 0 Å². The van der Waals surface area contributed by atoms with E-state index in [-0.39, 0.29) is 11.9 Å². The zero-order valence-electron chi connectivity index (χ0n) is 15.7. The van der Waals surface area contributed by atoms with Crippen molar-refractivity contribution in [2.45, 2.75) is 51.7 Å². The molecule has 0 saturated carbocycles. The predicted octanol–water partition coefficient (Wildman–Crippen LogP) is 2.74. The molecule has 2 rings (SSSR count). The topological polar surface area (TPSA) is 35.6 Å². The van der Waals surface area contributed by atoms with Crippen LogP contribution >= 0.6 is 0 Å². The fourth-order valence-corrected chi connectivity index (χ4v) is 3.77. The Balaban J connectivity index is 1.92. The fraction of sp³-hybridized carbons (Fsp3) is 0.650. The number of amides is 1. The Labute approximate surface area is 147 Å². The number of piperidine rings is 1. The van der Waals surface area contributed by atoms with Gasteiger partial charge >= 0.3 is 0 Å². The van der Waals surface area contributed by atoms with Gasteiger partial charge in [-0.25, -0.2) is 0 Å². The van der Waals surface area contributed by atoms with Crippen molar-refractivity contribution in [2.75, 3.05) is 27.2 Å². The summed E-state index contributed by atoms with van der Waals surface area (Å²) < 4.78 is 0. The van der Waals surface area contributed by atoms with E-state index in [4.69, 9.17) is 0 Å². The first-order chi connectivity index (χ1) is 11.5. The average Bonchev–Trinajstić information content (AvgIpc) is 2.54. The number of likely N-dealkylation sites (tertiary alicyclic amines) is 1. The van der Waals surface area contributed by atoms with Crippen molar-refractivity contribution in [3.05, 3.63) is 35.9 Å². The first-order valence-electron chi connectivity index (χ1n) is 9.21. The highest BCUT2D eigenvalue weighted by Crippen LogP contribution is 2.19. The van der Waals surface area contributed by atoms with Gasteiger partial charge in [0.1, 0.15) is 0 Å². The van der Waals surface area contributed by atoms with Crippen LogP contribution in [0, 0.1) is 5.92 Å². The van der Waals surface area contributed by atoms with E-state index in [1.54, 1.807) is 0 Å². The van der Waals surface area contributed by atoms with Gasteiger partial charge in [-0.1, -0.05) is 50.6 Å². The smallest absolute Gasteiger partial charge is 0.237 e. The molecule has 1 fully saturated rings. The summed E-state index contributed by atoms with van der Waals surface area (Å²) in [4.78, 5) is 17.1. The highest BCUT2D eigenvalue weighted by molar-refractivity contribution is 5.82. The third-order valence-electron chi connectivity index (χ3n) is 4.95. The number of carbonyl (C=O) groups is 1.